The molecule has 0 unspecified atom stereocenters. The Labute approximate surface area is 127 Å². The number of rotatable bonds is 4. The largest absolute Gasteiger partial charge is 0.332 e. The highest BCUT2D eigenvalue weighted by atomic mass is 32.2. The van der Waals surface area contributed by atoms with Gasteiger partial charge in [0, 0.05) is 17.4 Å². The molecule has 1 N–H and O–H groups in total. The molecule has 8 heteroatoms. The van der Waals surface area contributed by atoms with Crippen molar-refractivity contribution < 1.29 is 12.9 Å². The number of nitrogens with zero attached hydrogens (tertiary/aromatic N) is 3. The summed E-state index contributed by atoms with van der Waals surface area (Å²) in [6, 6.07) is 12.1. The molecule has 0 radical (unpaired) electrons. The molecule has 0 aliphatic heterocycles. The Morgan fingerprint density at radius 3 is 2.50 bits per heavy atom. The Hall–Kier alpha value is -2.74. The van der Waals surface area contributed by atoms with Crippen LogP contribution in [0.25, 0.3) is 23.0 Å². The fourth-order valence-corrected chi connectivity index (χ4v) is 2.40. The Kier molecular flexibility index (Phi) is 3.60. The van der Waals surface area contributed by atoms with E-state index in [4.69, 9.17) is 4.52 Å². The van der Waals surface area contributed by atoms with Crippen LogP contribution in [-0.4, -0.2) is 29.8 Å². The maximum absolute atomic E-state index is 11.2. The second-order valence-electron chi connectivity index (χ2n) is 4.59. The van der Waals surface area contributed by atoms with Gasteiger partial charge in [-0.1, -0.05) is 11.2 Å². The first-order valence-corrected chi connectivity index (χ1v) is 8.24. The standard InChI is InChI=1S/C14H12N4O3S/c1-22(19,20)18-11-7-5-10(6-8-11)13-16-14(21-17-13)12-4-2-3-9-15-12/h2-9,18H,1H3. The van der Waals surface area contributed by atoms with Gasteiger partial charge in [-0.05, 0) is 36.4 Å². The molecule has 0 saturated carbocycles. The maximum Gasteiger partial charge on any atom is 0.276 e. The lowest BCUT2D eigenvalue weighted by Crippen LogP contribution is -2.09. The lowest BCUT2D eigenvalue weighted by molar-refractivity contribution is 0.431. The summed E-state index contributed by atoms with van der Waals surface area (Å²) in [5, 5.41) is 3.90. The smallest absolute Gasteiger partial charge is 0.276 e. The first-order chi connectivity index (χ1) is 10.5. The van der Waals surface area contributed by atoms with Crippen LogP contribution in [0.2, 0.25) is 0 Å². The normalized spacial score (nSPS) is 11.3. The number of anilines is 1. The molecule has 0 saturated heterocycles. The van der Waals surface area contributed by atoms with E-state index in [9.17, 15) is 8.42 Å². The highest BCUT2D eigenvalue weighted by Gasteiger charge is 2.11. The van der Waals surface area contributed by atoms with E-state index in [0.29, 0.717) is 28.7 Å². The molecule has 7 nitrogen and oxygen atoms in total. The van der Waals surface area contributed by atoms with Gasteiger partial charge >= 0.3 is 0 Å². The van der Waals surface area contributed by atoms with E-state index in [2.05, 4.69) is 19.8 Å². The molecule has 3 rings (SSSR count). The van der Waals surface area contributed by atoms with Crippen LogP contribution in [-0.2, 0) is 10.0 Å². The van der Waals surface area contributed by atoms with E-state index in [0.717, 1.165) is 6.26 Å². The number of hydrogen-bond acceptors (Lipinski definition) is 6. The van der Waals surface area contributed by atoms with Crippen LogP contribution in [0.1, 0.15) is 0 Å². The molecule has 0 fully saturated rings. The molecule has 1 aromatic carbocycles. The summed E-state index contributed by atoms with van der Waals surface area (Å²) in [4.78, 5) is 8.41. The molecular weight excluding hydrogens is 304 g/mol. The Balaban J connectivity index is 1.85. The molecule has 0 amide bonds. The zero-order valence-electron chi connectivity index (χ0n) is 11.6. The van der Waals surface area contributed by atoms with Crippen LogP contribution < -0.4 is 4.72 Å². The fraction of sp³-hybridized carbons (Fsp3) is 0.0714. The van der Waals surface area contributed by atoms with Crippen LogP contribution in [0.15, 0.2) is 53.2 Å². The van der Waals surface area contributed by atoms with Crippen LogP contribution in [0.4, 0.5) is 5.69 Å². The number of sulfonamides is 1. The molecule has 22 heavy (non-hydrogen) atoms. The van der Waals surface area contributed by atoms with Crippen LogP contribution in [0, 0.1) is 0 Å². The summed E-state index contributed by atoms with van der Waals surface area (Å²) in [7, 11) is -3.29. The summed E-state index contributed by atoms with van der Waals surface area (Å²) in [6.45, 7) is 0. The van der Waals surface area contributed by atoms with E-state index in [1.807, 2.05) is 6.07 Å². The van der Waals surface area contributed by atoms with Gasteiger partial charge in [-0.3, -0.25) is 9.71 Å². The van der Waals surface area contributed by atoms with Crippen molar-refractivity contribution in [3.05, 3.63) is 48.7 Å². The van der Waals surface area contributed by atoms with Crippen LogP contribution in [0.5, 0.6) is 0 Å². The second-order valence-corrected chi connectivity index (χ2v) is 6.34. The number of pyridine rings is 1. The molecule has 112 valence electrons. The third-order valence-electron chi connectivity index (χ3n) is 2.76. The number of aromatic nitrogens is 3. The van der Waals surface area contributed by atoms with Crippen molar-refractivity contribution in [2.75, 3.05) is 11.0 Å². The molecular formula is C14H12N4O3S. The highest BCUT2D eigenvalue weighted by molar-refractivity contribution is 7.92. The van der Waals surface area contributed by atoms with Crippen molar-refractivity contribution in [2.24, 2.45) is 0 Å². The SMILES string of the molecule is CS(=O)(=O)Nc1ccc(-c2noc(-c3ccccn3)n2)cc1. The third-order valence-corrected chi connectivity index (χ3v) is 3.36. The quantitative estimate of drug-likeness (QED) is 0.792. The summed E-state index contributed by atoms with van der Waals surface area (Å²) < 4.78 is 29.9. The second kappa shape index (κ2) is 5.57. The monoisotopic (exact) mass is 316 g/mol. The lowest BCUT2D eigenvalue weighted by atomic mass is 10.2. The van der Waals surface area contributed by atoms with E-state index in [1.165, 1.54) is 0 Å². The van der Waals surface area contributed by atoms with Crippen LogP contribution >= 0.6 is 0 Å². The minimum atomic E-state index is -3.29. The highest BCUT2D eigenvalue weighted by Crippen LogP contribution is 2.22. The van der Waals surface area contributed by atoms with Crippen molar-refractivity contribution in [1.29, 1.82) is 0 Å². The average Bonchev–Trinajstić information content (AvgIpc) is 2.97. The van der Waals surface area contributed by atoms with Gasteiger partial charge in [0.15, 0.2) is 0 Å². The van der Waals surface area contributed by atoms with Gasteiger partial charge in [-0.15, -0.1) is 0 Å². The van der Waals surface area contributed by atoms with E-state index >= 15 is 0 Å². The molecule has 0 bridgehead atoms. The zero-order chi connectivity index (χ0) is 15.6. The number of hydrogen-bond donors (Lipinski definition) is 1. The molecule has 2 aromatic heterocycles. The molecule has 3 aromatic rings. The van der Waals surface area contributed by atoms with Gasteiger partial charge in [0.05, 0.1) is 6.26 Å². The third kappa shape index (κ3) is 3.29. The molecule has 0 aliphatic rings. The first kappa shape index (κ1) is 14.2. The average molecular weight is 316 g/mol. The number of benzene rings is 1. The van der Waals surface area contributed by atoms with Gasteiger partial charge < -0.3 is 4.52 Å². The van der Waals surface area contributed by atoms with Crippen molar-refractivity contribution >= 4 is 15.7 Å². The summed E-state index contributed by atoms with van der Waals surface area (Å²) >= 11 is 0. The van der Waals surface area contributed by atoms with Gasteiger partial charge in [-0.2, -0.15) is 4.98 Å². The zero-order valence-corrected chi connectivity index (χ0v) is 12.4. The Morgan fingerprint density at radius 1 is 1.09 bits per heavy atom. The summed E-state index contributed by atoms with van der Waals surface area (Å²) in [6.07, 6.45) is 2.74. The maximum atomic E-state index is 11.2. The predicted molar refractivity (Wildman–Crippen MR) is 81.4 cm³/mol. The van der Waals surface area contributed by atoms with Crippen molar-refractivity contribution in [1.82, 2.24) is 15.1 Å². The minimum Gasteiger partial charge on any atom is -0.332 e. The molecule has 2 heterocycles. The number of nitrogens with one attached hydrogen (secondary N) is 1. The van der Waals surface area contributed by atoms with Crippen LogP contribution in [0.3, 0.4) is 0 Å². The van der Waals surface area contributed by atoms with Gasteiger partial charge in [0.2, 0.25) is 15.8 Å². The van der Waals surface area contributed by atoms with E-state index in [1.54, 1.807) is 42.6 Å². The van der Waals surface area contributed by atoms with Gasteiger partial charge in [0.25, 0.3) is 5.89 Å². The molecule has 0 atom stereocenters. The first-order valence-electron chi connectivity index (χ1n) is 6.35. The van der Waals surface area contributed by atoms with Gasteiger partial charge in [0.1, 0.15) is 5.69 Å². The summed E-state index contributed by atoms with van der Waals surface area (Å²) in [5.41, 5.74) is 1.78. The summed E-state index contributed by atoms with van der Waals surface area (Å²) in [5.74, 6) is 0.737. The molecule has 0 spiro atoms. The van der Waals surface area contributed by atoms with Crippen molar-refractivity contribution in [3.8, 4) is 23.0 Å². The van der Waals surface area contributed by atoms with Gasteiger partial charge in [-0.25, -0.2) is 8.42 Å². The topological polar surface area (TPSA) is 98.0 Å². The van der Waals surface area contributed by atoms with E-state index < -0.39 is 10.0 Å². The minimum absolute atomic E-state index is 0.328. The van der Waals surface area contributed by atoms with Crippen molar-refractivity contribution in [2.45, 2.75) is 0 Å². The Morgan fingerprint density at radius 2 is 1.86 bits per heavy atom. The fourth-order valence-electron chi connectivity index (χ4n) is 1.84. The lowest BCUT2D eigenvalue weighted by Gasteiger charge is -2.03. The Bertz CT molecular complexity index is 874. The molecule has 0 aliphatic carbocycles. The van der Waals surface area contributed by atoms with Crippen molar-refractivity contribution in [3.63, 3.8) is 0 Å². The van der Waals surface area contributed by atoms with E-state index in [-0.39, 0.29) is 0 Å². The predicted octanol–water partition coefficient (Wildman–Crippen LogP) is 2.17.